The van der Waals surface area contributed by atoms with E-state index in [0.29, 0.717) is 5.01 Å². The summed E-state index contributed by atoms with van der Waals surface area (Å²) in [7, 11) is 0. The van der Waals surface area contributed by atoms with Crippen LogP contribution in [0.1, 0.15) is 28.5 Å². The van der Waals surface area contributed by atoms with Crippen LogP contribution in [-0.4, -0.2) is 21.2 Å². The van der Waals surface area contributed by atoms with Crippen LogP contribution in [-0.2, 0) is 0 Å². The molecule has 11 heavy (non-hydrogen) atoms. The zero-order valence-electron chi connectivity index (χ0n) is 5.81. The number of carboxylic acids is 1. The summed E-state index contributed by atoms with van der Waals surface area (Å²) >= 11 is 1.14. The Balaban J connectivity index is 2.90. The number of aliphatic hydroxyl groups excluding tert-OH is 1. The van der Waals surface area contributed by atoms with Crippen molar-refractivity contribution in [3.8, 4) is 0 Å². The van der Waals surface area contributed by atoms with Gasteiger partial charge in [-0.1, -0.05) is 0 Å². The van der Waals surface area contributed by atoms with E-state index >= 15 is 0 Å². The minimum atomic E-state index is -1.06. The lowest BCUT2D eigenvalue weighted by Crippen LogP contribution is -1.97. The van der Waals surface area contributed by atoms with E-state index in [2.05, 4.69) is 4.98 Å². The van der Waals surface area contributed by atoms with Crippen molar-refractivity contribution in [2.45, 2.75) is 13.0 Å². The van der Waals surface area contributed by atoms with Crippen LogP contribution in [0.4, 0.5) is 0 Å². The first-order valence-electron chi connectivity index (χ1n) is 2.98. The maximum Gasteiger partial charge on any atom is 0.355 e. The van der Waals surface area contributed by atoms with Crippen molar-refractivity contribution < 1.29 is 15.0 Å². The molecule has 0 aromatic carbocycles. The maximum atomic E-state index is 10.3. The normalized spacial score (nSPS) is 12.9. The van der Waals surface area contributed by atoms with Gasteiger partial charge in [-0.25, -0.2) is 9.78 Å². The molecule has 2 N–H and O–H groups in total. The van der Waals surface area contributed by atoms with Crippen molar-refractivity contribution in [2.75, 3.05) is 0 Å². The minimum Gasteiger partial charge on any atom is -0.476 e. The lowest BCUT2D eigenvalue weighted by atomic mass is 10.4. The summed E-state index contributed by atoms with van der Waals surface area (Å²) in [4.78, 5) is 14.0. The molecule has 5 heteroatoms. The number of hydrogen-bond donors (Lipinski definition) is 2. The average Bonchev–Trinajstić information content (AvgIpc) is 2.33. The predicted molar refractivity (Wildman–Crippen MR) is 39.7 cm³/mol. The Labute approximate surface area is 67.1 Å². The Bertz CT molecular complexity index is 269. The Hall–Kier alpha value is -0.940. The first-order chi connectivity index (χ1) is 5.11. The summed E-state index contributed by atoms with van der Waals surface area (Å²) in [6.45, 7) is 1.55. The third-order valence-electron chi connectivity index (χ3n) is 1.10. The topological polar surface area (TPSA) is 70.4 Å². The Morgan fingerprint density at radius 1 is 1.82 bits per heavy atom. The second kappa shape index (κ2) is 2.98. The van der Waals surface area contributed by atoms with Crippen molar-refractivity contribution in [2.24, 2.45) is 0 Å². The van der Waals surface area contributed by atoms with Gasteiger partial charge in [0.1, 0.15) is 11.1 Å². The Kier molecular flexibility index (Phi) is 2.21. The van der Waals surface area contributed by atoms with Gasteiger partial charge in [0.2, 0.25) is 0 Å². The van der Waals surface area contributed by atoms with Crippen LogP contribution in [0.5, 0.6) is 0 Å². The van der Waals surface area contributed by atoms with Gasteiger partial charge < -0.3 is 10.2 Å². The summed E-state index contributed by atoms with van der Waals surface area (Å²) in [5, 5.41) is 19.3. The van der Waals surface area contributed by atoms with Gasteiger partial charge in [0.05, 0.1) is 0 Å². The molecule has 0 bridgehead atoms. The van der Waals surface area contributed by atoms with Crippen molar-refractivity contribution in [1.29, 1.82) is 0 Å². The van der Waals surface area contributed by atoms with Gasteiger partial charge in [-0.3, -0.25) is 0 Å². The Morgan fingerprint density at radius 2 is 2.45 bits per heavy atom. The van der Waals surface area contributed by atoms with Gasteiger partial charge >= 0.3 is 5.97 Å². The number of rotatable bonds is 2. The van der Waals surface area contributed by atoms with Crippen molar-refractivity contribution in [1.82, 2.24) is 4.98 Å². The van der Waals surface area contributed by atoms with E-state index in [1.165, 1.54) is 5.38 Å². The van der Waals surface area contributed by atoms with Crippen LogP contribution in [0, 0.1) is 0 Å². The number of aliphatic hydroxyl groups is 1. The molecule has 0 radical (unpaired) electrons. The molecule has 1 heterocycles. The van der Waals surface area contributed by atoms with E-state index in [0.717, 1.165) is 11.3 Å². The number of carboxylic acid groups (broad SMARTS) is 1. The molecule has 0 saturated heterocycles. The minimum absolute atomic E-state index is 0.00843. The maximum absolute atomic E-state index is 10.3. The molecule has 0 saturated carbocycles. The Morgan fingerprint density at radius 3 is 2.73 bits per heavy atom. The molecule has 0 spiro atoms. The van der Waals surface area contributed by atoms with E-state index < -0.39 is 12.1 Å². The lowest BCUT2D eigenvalue weighted by molar-refractivity contribution is 0.0690. The third-order valence-corrected chi connectivity index (χ3v) is 2.11. The molecule has 0 amide bonds. The highest BCUT2D eigenvalue weighted by Crippen LogP contribution is 2.16. The smallest absolute Gasteiger partial charge is 0.355 e. The van der Waals surface area contributed by atoms with E-state index in [4.69, 9.17) is 10.2 Å². The quantitative estimate of drug-likeness (QED) is 0.696. The fourth-order valence-electron chi connectivity index (χ4n) is 0.578. The zero-order valence-corrected chi connectivity index (χ0v) is 6.63. The SMILES string of the molecule is C[C@H](O)c1nc(C(=O)O)cs1. The molecule has 0 unspecified atom stereocenters. The van der Waals surface area contributed by atoms with Gasteiger partial charge in [-0.05, 0) is 6.92 Å². The van der Waals surface area contributed by atoms with E-state index in [1.807, 2.05) is 0 Å². The van der Waals surface area contributed by atoms with Gasteiger partial charge in [-0.2, -0.15) is 0 Å². The lowest BCUT2D eigenvalue weighted by Gasteiger charge is -1.94. The number of carbonyl (C=O) groups is 1. The van der Waals surface area contributed by atoms with E-state index in [9.17, 15) is 4.79 Å². The van der Waals surface area contributed by atoms with Gasteiger partial charge in [0.15, 0.2) is 5.69 Å². The average molecular weight is 173 g/mol. The highest BCUT2D eigenvalue weighted by atomic mass is 32.1. The summed E-state index contributed by atoms with van der Waals surface area (Å²) in [5.41, 5.74) is -0.00843. The molecule has 1 rings (SSSR count). The summed E-state index contributed by atoms with van der Waals surface area (Å²) < 4.78 is 0. The van der Waals surface area contributed by atoms with Crippen LogP contribution in [0.25, 0.3) is 0 Å². The largest absolute Gasteiger partial charge is 0.476 e. The molecule has 0 fully saturated rings. The molecule has 1 atom stereocenters. The molecule has 4 nitrogen and oxygen atoms in total. The molecule has 0 aliphatic rings. The molecule has 1 aromatic rings. The van der Waals surface area contributed by atoms with Crippen molar-refractivity contribution in [3.63, 3.8) is 0 Å². The van der Waals surface area contributed by atoms with Crippen LogP contribution < -0.4 is 0 Å². The van der Waals surface area contributed by atoms with Gasteiger partial charge in [0.25, 0.3) is 0 Å². The van der Waals surface area contributed by atoms with Crippen molar-refractivity contribution in [3.05, 3.63) is 16.1 Å². The molecule has 0 aliphatic heterocycles. The van der Waals surface area contributed by atoms with Crippen LogP contribution >= 0.6 is 11.3 Å². The first-order valence-corrected chi connectivity index (χ1v) is 3.86. The molecule has 60 valence electrons. The second-order valence-corrected chi connectivity index (χ2v) is 2.94. The number of hydrogen-bond acceptors (Lipinski definition) is 4. The standard InChI is InChI=1S/C6H7NO3S/c1-3(8)5-7-4(2-11-5)6(9)10/h2-3,8H,1H3,(H,9,10)/t3-/m0/s1. The predicted octanol–water partition coefficient (Wildman–Crippen LogP) is 0.895. The monoisotopic (exact) mass is 173 g/mol. The third kappa shape index (κ3) is 1.75. The summed E-state index contributed by atoms with van der Waals surface area (Å²) in [6, 6.07) is 0. The second-order valence-electron chi connectivity index (χ2n) is 2.05. The molecule has 1 aromatic heterocycles. The van der Waals surface area contributed by atoms with Crippen LogP contribution in [0.3, 0.4) is 0 Å². The fourth-order valence-corrected chi connectivity index (χ4v) is 1.31. The van der Waals surface area contributed by atoms with Crippen molar-refractivity contribution >= 4 is 17.3 Å². The fraction of sp³-hybridized carbons (Fsp3) is 0.333. The molecule has 0 aliphatic carbocycles. The van der Waals surface area contributed by atoms with Gasteiger partial charge in [-0.15, -0.1) is 11.3 Å². The van der Waals surface area contributed by atoms with Gasteiger partial charge in [0, 0.05) is 5.38 Å². The number of aromatic carboxylic acids is 1. The summed E-state index contributed by atoms with van der Waals surface area (Å²) in [5.74, 6) is -1.06. The first kappa shape index (κ1) is 8.16. The number of nitrogens with zero attached hydrogens (tertiary/aromatic N) is 1. The zero-order chi connectivity index (χ0) is 8.43. The highest BCUT2D eigenvalue weighted by Gasteiger charge is 2.10. The van der Waals surface area contributed by atoms with E-state index in [-0.39, 0.29) is 5.69 Å². The number of thiazole rings is 1. The van der Waals surface area contributed by atoms with E-state index in [1.54, 1.807) is 6.92 Å². The molecular formula is C6H7NO3S. The number of aromatic nitrogens is 1. The summed E-state index contributed by atoms with van der Waals surface area (Å²) in [6.07, 6.45) is -0.687. The van der Waals surface area contributed by atoms with Crippen LogP contribution in [0.2, 0.25) is 0 Å². The highest BCUT2D eigenvalue weighted by molar-refractivity contribution is 7.09. The molecular weight excluding hydrogens is 166 g/mol. The van der Waals surface area contributed by atoms with Crippen LogP contribution in [0.15, 0.2) is 5.38 Å².